The summed E-state index contributed by atoms with van der Waals surface area (Å²) < 4.78 is 0. The van der Waals surface area contributed by atoms with Crippen LogP contribution in [-0.2, 0) is 0 Å². The van der Waals surface area contributed by atoms with Gasteiger partial charge in [0.1, 0.15) is 5.75 Å². The third-order valence-electron chi connectivity index (χ3n) is 4.14. The van der Waals surface area contributed by atoms with Crippen LogP contribution in [0.15, 0.2) is 78.9 Å². The summed E-state index contributed by atoms with van der Waals surface area (Å²) in [7, 11) is 0. The highest BCUT2D eigenvalue weighted by atomic mass is 16.3. The van der Waals surface area contributed by atoms with E-state index >= 15 is 0 Å². The van der Waals surface area contributed by atoms with Gasteiger partial charge in [0.2, 0.25) is 0 Å². The lowest BCUT2D eigenvalue weighted by atomic mass is 9.94. The van der Waals surface area contributed by atoms with Crippen LogP contribution in [0.1, 0.15) is 27.0 Å². The van der Waals surface area contributed by atoms with Crippen molar-refractivity contribution in [2.45, 2.75) is 0 Å². The van der Waals surface area contributed by atoms with Gasteiger partial charge in [-0.1, -0.05) is 66.7 Å². The maximum atomic E-state index is 12.9. The van der Waals surface area contributed by atoms with Crippen molar-refractivity contribution in [2.75, 3.05) is 0 Å². The molecule has 0 amide bonds. The summed E-state index contributed by atoms with van der Waals surface area (Å²) in [4.78, 5) is 12.9. The van der Waals surface area contributed by atoms with Crippen LogP contribution in [0, 0.1) is 0 Å². The highest BCUT2D eigenvalue weighted by molar-refractivity contribution is 6.41. The summed E-state index contributed by atoms with van der Waals surface area (Å²) in [6, 6.07) is 24.4. The van der Waals surface area contributed by atoms with Gasteiger partial charge in [-0.15, -0.1) is 0 Å². The predicted molar refractivity (Wildman–Crippen MR) is 91.2 cm³/mol. The number of rotatable bonds is 2. The highest BCUT2D eigenvalue weighted by Crippen LogP contribution is 2.42. The predicted octanol–water partition coefficient (Wildman–Crippen LogP) is 4.55. The topological polar surface area (TPSA) is 37.3 Å². The Labute approximate surface area is 134 Å². The molecule has 2 nitrogen and oxygen atoms in total. The van der Waals surface area contributed by atoms with E-state index in [9.17, 15) is 9.90 Å². The zero-order valence-corrected chi connectivity index (χ0v) is 12.4. The zero-order chi connectivity index (χ0) is 15.8. The largest absolute Gasteiger partial charge is 0.508 e. The van der Waals surface area contributed by atoms with Crippen molar-refractivity contribution in [1.29, 1.82) is 0 Å². The van der Waals surface area contributed by atoms with E-state index in [1.807, 2.05) is 66.7 Å². The molecule has 0 atom stereocenters. The van der Waals surface area contributed by atoms with Gasteiger partial charge >= 0.3 is 0 Å². The van der Waals surface area contributed by atoms with Crippen molar-refractivity contribution >= 4 is 16.9 Å². The van der Waals surface area contributed by atoms with Crippen LogP contribution >= 0.6 is 0 Å². The van der Waals surface area contributed by atoms with Crippen molar-refractivity contribution in [3.05, 3.63) is 101 Å². The molecule has 0 radical (unpaired) electrons. The molecule has 0 saturated carbocycles. The van der Waals surface area contributed by atoms with Gasteiger partial charge < -0.3 is 5.11 Å². The molecular weight excluding hydrogens is 284 g/mol. The van der Waals surface area contributed by atoms with Gasteiger partial charge in [0.05, 0.1) is 0 Å². The standard InChI is InChI=1S/C21H14O2/c22-16-12-10-15(11-13-16)19-17-8-4-5-9-18(17)21(23)20(19)14-6-2-1-3-7-14/h1-13,22H. The van der Waals surface area contributed by atoms with E-state index in [2.05, 4.69) is 0 Å². The molecule has 0 saturated heterocycles. The number of phenolic OH excluding ortho intramolecular Hbond substituents is 1. The lowest BCUT2D eigenvalue weighted by Gasteiger charge is -2.09. The van der Waals surface area contributed by atoms with E-state index in [-0.39, 0.29) is 11.5 Å². The minimum absolute atomic E-state index is 0.0508. The fraction of sp³-hybridized carbons (Fsp3) is 0. The van der Waals surface area contributed by atoms with E-state index in [1.54, 1.807) is 12.1 Å². The van der Waals surface area contributed by atoms with E-state index < -0.39 is 0 Å². The summed E-state index contributed by atoms with van der Waals surface area (Å²) >= 11 is 0. The summed E-state index contributed by atoms with van der Waals surface area (Å²) in [5, 5.41) is 9.55. The third-order valence-corrected chi connectivity index (χ3v) is 4.14. The van der Waals surface area contributed by atoms with Crippen LogP contribution in [0.4, 0.5) is 0 Å². The van der Waals surface area contributed by atoms with E-state index in [4.69, 9.17) is 0 Å². The van der Waals surface area contributed by atoms with Crippen LogP contribution < -0.4 is 0 Å². The second-order valence-electron chi connectivity index (χ2n) is 5.54. The van der Waals surface area contributed by atoms with Crippen LogP contribution in [0.3, 0.4) is 0 Å². The van der Waals surface area contributed by atoms with Gasteiger partial charge in [0, 0.05) is 16.7 Å². The average Bonchev–Trinajstić information content (AvgIpc) is 2.90. The van der Waals surface area contributed by atoms with Gasteiger partial charge in [-0.05, 0) is 28.8 Å². The Morgan fingerprint density at radius 1 is 0.565 bits per heavy atom. The van der Waals surface area contributed by atoms with Crippen LogP contribution in [0.25, 0.3) is 11.1 Å². The molecule has 1 aliphatic carbocycles. The molecule has 1 N–H and O–H groups in total. The highest BCUT2D eigenvalue weighted by Gasteiger charge is 2.30. The normalized spacial score (nSPS) is 13.3. The first kappa shape index (κ1) is 13.5. The number of carbonyl (C=O) groups is 1. The molecule has 4 rings (SSSR count). The molecule has 110 valence electrons. The number of allylic oxidation sites excluding steroid dienone is 1. The van der Waals surface area contributed by atoms with Crippen molar-refractivity contribution in [1.82, 2.24) is 0 Å². The molecule has 2 heteroatoms. The van der Waals surface area contributed by atoms with Crippen LogP contribution in [-0.4, -0.2) is 10.9 Å². The number of carbonyl (C=O) groups excluding carboxylic acids is 1. The lowest BCUT2D eigenvalue weighted by molar-refractivity contribution is 0.105. The number of phenols is 1. The van der Waals surface area contributed by atoms with Crippen molar-refractivity contribution < 1.29 is 9.90 Å². The zero-order valence-electron chi connectivity index (χ0n) is 12.4. The molecule has 3 aromatic carbocycles. The second kappa shape index (κ2) is 5.25. The summed E-state index contributed by atoms with van der Waals surface area (Å²) in [5.74, 6) is 0.267. The maximum Gasteiger partial charge on any atom is 0.194 e. The molecule has 0 spiro atoms. The number of Topliss-reactive ketones (excluding diaryl/α,β-unsaturated/α-hetero) is 1. The minimum atomic E-state index is 0.0508. The summed E-state index contributed by atoms with van der Waals surface area (Å²) in [6.45, 7) is 0. The van der Waals surface area contributed by atoms with Crippen LogP contribution in [0.5, 0.6) is 5.75 Å². The van der Waals surface area contributed by atoms with E-state index in [0.29, 0.717) is 0 Å². The molecule has 0 fully saturated rings. The number of hydrogen-bond donors (Lipinski definition) is 1. The molecule has 0 unspecified atom stereocenters. The van der Waals surface area contributed by atoms with Crippen LogP contribution in [0.2, 0.25) is 0 Å². The number of ketones is 1. The Morgan fingerprint density at radius 3 is 1.83 bits per heavy atom. The van der Waals surface area contributed by atoms with E-state index in [0.717, 1.165) is 33.4 Å². The van der Waals surface area contributed by atoms with Crippen molar-refractivity contribution in [3.63, 3.8) is 0 Å². The monoisotopic (exact) mass is 298 g/mol. The molecule has 1 aliphatic rings. The Hall–Kier alpha value is -3.13. The average molecular weight is 298 g/mol. The molecule has 0 bridgehead atoms. The van der Waals surface area contributed by atoms with Crippen molar-refractivity contribution in [3.8, 4) is 5.75 Å². The van der Waals surface area contributed by atoms with Gasteiger partial charge in [0.15, 0.2) is 5.78 Å². The Morgan fingerprint density at radius 2 is 1.13 bits per heavy atom. The quantitative estimate of drug-likeness (QED) is 0.753. The molecule has 0 aromatic heterocycles. The van der Waals surface area contributed by atoms with Gasteiger partial charge in [-0.2, -0.15) is 0 Å². The SMILES string of the molecule is O=C1C(c2ccccc2)=C(c2ccc(O)cc2)c2ccccc21. The number of aromatic hydroxyl groups is 1. The molecule has 0 heterocycles. The fourth-order valence-corrected chi connectivity index (χ4v) is 3.09. The van der Waals surface area contributed by atoms with Gasteiger partial charge in [-0.3, -0.25) is 4.79 Å². The third kappa shape index (κ3) is 2.16. The van der Waals surface area contributed by atoms with E-state index in [1.165, 1.54) is 0 Å². The lowest BCUT2D eigenvalue weighted by Crippen LogP contribution is -1.98. The fourth-order valence-electron chi connectivity index (χ4n) is 3.09. The maximum absolute atomic E-state index is 12.9. The number of fused-ring (bicyclic) bond motifs is 1. The number of benzene rings is 3. The minimum Gasteiger partial charge on any atom is -0.508 e. The second-order valence-corrected chi connectivity index (χ2v) is 5.54. The van der Waals surface area contributed by atoms with Crippen molar-refractivity contribution in [2.24, 2.45) is 0 Å². The van der Waals surface area contributed by atoms with Gasteiger partial charge in [0.25, 0.3) is 0 Å². The Kier molecular flexibility index (Phi) is 3.09. The first-order valence-corrected chi connectivity index (χ1v) is 7.49. The molecular formula is C21H14O2. The van der Waals surface area contributed by atoms with Gasteiger partial charge in [-0.25, -0.2) is 0 Å². The smallest absolute Gasteiger partial charge is 0.194 e. The Bertz CT molecular complexity index is 920. The summed E-state index contributed by atoms with van der Waals surface area (Å²) in [6.07, 6.45) is 0. The number of hydrogen-bond acceptors (Lipinski definition) is 2. The molecule has 0 aliphatic heterocycles. The molecule has 23 heavy (non-hydrogen) atoms. The molecule has 3 aromatic rings. The Balaban J connectivity index is 2.03. The first-order chi connectivity index (χ1) is 11.3. The summed E-state index contributed by atoms with van der Waals surface area (Å²) in [5.41, 5.74) is 5.17. The first-order valence-electron chi connectivity index (χ1n) is 7.49.